The van der Waals surface area contributed by atoms with Crippen LogP contribution in [0.1, 0.15) is 23.7 Å². The van der Waals surface area contributed by atoms with Crippen molar-refractivity contribution in [1.82, 2.24) is 10.2 Å². The molecule has 1 amide bonds. The molecule has 1 aromatic carbocycles. The average molecular weight is 245 g/mol. The molecule has 2 aromatic rings. The van der Waals surface area contributed by atoms with Crippen molar-refractivity contribution in [3.63, 3.8) is 0 Å². The molecule has 0 atom stereocenters. The lowest BCUT2D eigenvalue weighted by Crippen LogP contribution is -2.12. The van der Waals surface area contributed by atoms with Crippen LogP contribution in [-0.4, -0.2) is 22.7 Å². The number of amides is 1. The third-order valence-corrected chi connectivity index (χ3v) is 2.34. The van der Waals surface area contributed by atoms with Crippen LogP contribution < -0.4 is 10.1 Å². The van der Waals surface area contributed by atoms with Gasteiger partial charge in [0.25, 0.3) is 5.91 Å². The summed E-state index contributed by atoms with van der Waals surface area (Å²) >= 11 is 0. The molecule has 0 bridgehead atoms. The van der Waals surface area contributed by atoms with Crippen molar-refractivity contribution in [2.75, 3.05) is 11.9 Å². The predicted octanol–water partition coefficient (Wildman–Crippen LogP) is 2.45. The van der Waals surface area contributed by atoms with Gasteiger partial charge in [-0.05, 0) is 30.7 Å². The molecule has 0 spiro atoms. The summed E-state index contributed by atoms with van der Waals surface area (Å²) in [5.74, 6) is 1.17. The molecule has 94 valence electrons. The van der Waals surface area contributed by atoms with Gasteiger partial charge in [0.1, 0.15) is 11.6 Å². The van der Waals surface area contributed by atoms with Crippen LogP contribution in [0.5, 0.6) is 5.75 Å². The number of carbonyl (C=O) groups excluding carboxylic acids is 1. The highest BCUT2D eigenvalue weighted by Crippen LogP contribution is 2.13. The molecule has 0 saturated carbocycles. The van der Waals surface area contributed by atoms with Crippen LogP contribution in [0, 0.1) is 0 Å². The summed E-state index contributed by atoms with van der Waals surface area (Å²) in [5, 5.41) is 9.13. The fraction of sp³-hybridized carbons (Fsp3) is 0.231. The Labute approximate surface area is 105 Å². The first kappa shape index (κ1) is 12.2. The molecule has 0 unspecified atom stereocenters. The number of hydrogen-bond acceptors (Lipinski definition) is 3. The second-order valence-electron chi connectivity index (χ2n) is 3.80. The Morgan fingerprint density at radius 2 is 2.11 bits per heavy atom. The van der Waals surface area contributed by atoms with E-state index in [1.807, 2.05) is 6.92 Å². The maximum absolute atomic E-state index is 11.8. The highest BCUT2D eigenvalue weighted by molar-refractivity contribution is 6.03. The number of nitrogens with zero attached hydrogens (tertiary/aromatic N) is 1. The average Bonchev–Trinajstić information content (AvgIpc) is 2.89. The van der Waals surface area contributed by atoms with Crippen molar-refractivity contribution < 1.29 is 9.53 Å². The second-order valence-corrected chi connectivity index (χ2v) is 3.80. The van der Waals surface area contributed by atoms with Crippen LogP contribution >= 0.6 is 0 Å². The molecule has 0 aliphatic carbocycles. The minimum atomic E-state index is -0.179. The Morgan fingerprint density at radius 1 is 1.33 bits per heavy atom. The number of aromatic amines is 1. The van der Waals surface area contributed by atoms with Crippen molar-refractivity contribution in [2.45, 2.75) is 13.3 Å². The molecule has 2 N–H and O–H groups in total. The molecule has 18 heavy (non-hydrogen) atoms. The molecule has 5 heteroatoms. The molecular weight excluding hydrogens is 230 g/mol. The standard InChI is InChI=1S/C13H15N3O2/c1-2-9-18-11-5-3-10(4-6-11)13(17)15-12-7-8-14-16-12/h3-8H,2,9H2,1H3,(H2,14,15,16,17). The van der Waals surface area contributed by atoms with E-state index in [1.165, 1.54) is 0 Å². The maximum atomic E-state index is 11.8. The van der Waals surface area contributed by atoms with Gasteiger partial charge in [-0.2, -0.15) is 5.10 Å². The first-order chi connectivity index (χ1) is 8.79. The molecular formula is C13H15N3O2. The van der Waals surface area contributed by atoms with E-state index < -0.39 is 0 Å². The Kier molecular flexibility index (Phi) is 3.96. The second kappa shape index (κ2) is 5.86. The van der Waals surface area contributed by atoms with Crippen LogP contribution in [0.4, 0.5) is 5.82 Å². The number of aromatic nitrogens is 2. The lowest BCUT2D eigenvalue weighted by molar-refractivity contribution is 0.102. The fourth-order valence-corrected chi connectivity index (χ4v) is 1.44. The SMILES string of the molecule is CCCOc1ccc(C(=O)Nc2ccn[nH]2)cc1. The Bertz CT molecular complexity index is 491. The lowest BCUT2D eigenvalue weighted by atomic mass is 10.2. The molecule has 0 aliphatic rings. The quantitative estimate of drug-likeness (QED) is 0.850. The zero-order valence-electron chi connectivity index (χ0n) is 10.1. The third-order valence-electron chi connectivity index (χ3n) is 2.34. The van der Waals surface area contributed by atoms with Crippen LogP contribution in [0.15, 0.2) is 36.5 Å². The first-order valence-electron chi connectivity index (χ1n) is 5.83. The van der Waals surface area contributed by atoms with E-state index in [0.29, 0.717) is 18.0 Å². The van der Waals surface area contributed by atoms with Crippen molar-refractivity contribution in [1.29, 1.82) is 0 Å². The summed E-state index contributed by atoms with van der Waals surface area (Å²) in [6.45, 7) is 2.73. The fourth-order valence-electron chi connectivity index (χ4n) is 1.44. The van der Waals surface area contributed by atoms with Gasteiger partial charge in [-0.3, -0.25) is 9.89 Å². The number of benzene rings is 1. The van der Waals surface area contributed by atoms with E-state index in [4.69, 9.17) is 4.74 Å². The van der Waals surface area contributed by atoms with E-state index in [-0.39, 0.29) is 5.91 Å². The highest BCUT2D eigenvalue weighted by Gasteiger charge is 2.06. The minimum Gasteiger partial charge on any atom is -0.494 e. The van der Waals surface area contributed by atoms with Gasteiger partial charge < -0.3 is 10.1 Å². The Balaban J connectivity index is 1.98. The molecule has 1 heterocycles. The van der Waals surface area contributed by atoms with Crippen LogP contribution in [0.25, 0.3) is 0 Å². The third kappa shape index (κ3) is 3.10. The number of hydrogen-bond donors (Lipinski definition) is 2. The van der Waals surface area contributed by atoms with E-state index in [0.717, 1.165) is 12.2 Å². The number of nitrogens with one attached hydrogen (secondary N) is 2. The first-order valence-corrected chi connectivity index (χ1v) is 5.83. The van der Waals surface area contributed by atoms with Gasteiger partial charge in [0.05, 0.1) is 12.8 Å². The van der Waals surface area contributed by atoms with E-state index >= 15 is 0 Å². The van der Waals surface area contributed by atoms with Gasteiger partial charge in [-0.1, -0.05) is 6.92 Å². The van der Waals surface area contributed by atoms with Crippen molar-refractivity contribution in [3.8, 4) is 5.75 Å². The van der Waals surface area contributed by atoms with Crippen molar-refractivity contribution in [3.05, 3.63) is 42.1 Å². The minimum absolute atomic E-state index is 0.179. The topological polar surface area (TPSA) is 67.0 Å². The van der Waals surface area contributed by atoms with Gasteiger partial charge in [0.15, 0.2) is 0 Å². The summed E-state index contributed by atoms with van der Waals surface area (Å²) in [5.41, 5.74) is 0.577. The van der Waals surface area contributed by atoms with E-state index in [1.54, 1.807) is 36.5 Å². The normalized spacial score (nSPS) is 10.1. The van der Waals surface area contributed by atoms with Gasteiger partial charge in [0.2, 0.25) is 0 Å². The molecule has 2 rings (SSSR count). The van der Waals surface area contributed by atoms with Gasteiger partial charge >= 0.3 is 0 Å². The van der Waals surface area contributed by atoms with Crippen LogP contribution in [0.2, 0.25) is 0 Å². The smallest absolute Gasteiger partial charge is 0.256 e. The molecule has 1 aromatic heterocycles. The van der Waals surface area contributed by atoms with Gasteiger partial charge in [-0.25, -0.2) is 0 Å². The zero-order valence-corrected chi connectivity index (χ0v) is 10.1. The van der Waals surface area contributed by atoms with Crippen LogP contribution in [0.3, 0.4) is 0 Å². The van der Waals surface area contributed by atoms with Gasteiger partial charge in [-0.15, -0.1) is 0 Å². The number of anilines is 1. The Morgan fingerprint density at radius 3 is 2.72 bits per heavy atom. The number of ether oxygens (including phenoxy) is 1. The lowest BCUT2D eigenvalue weighted by Gasteiger charge is -2.06. The number of rotatable bonds is 5. The van der Waals surface area contributed by atoms with Crippen molar-refractivity contribution >= 4 is 11.7 Å². The van der Waals surface area contributed by atoms with Gasteiger partial charge in [0, 0.05) is 11.6 Å². The largest absolute Gasteiger partial charge is 0.494 e. The number of carbonyl (C=O) groups is 1. The molecule has 0 radical (unpaired) electrons. The summed E-state index contributed by atoms with van der Waals surface area (Å²) in [6, 6.07) is 8.74. The molecule has 0 aliphatic heterocycles. The molecule has 0 saturated heterocycles. The number of H-pyrrole nitrogens is 1. The predicted molar refractivity (Wildman–Crippen MR) is 68.8 cm³/mol. The Hall–Kier alpha value is -2.30. The molecule has 0 fully saturated rings. The summed E-state index contributed by atoms with van der Waals surface area (Å²) in [4.78, 5) is 11.8. The van der Waals surface area contributed by atoms with Crippen LogP contribution in [-0.2, 0) is 0 Å². The zero-order chi connectivity index (χ0) is 12.8. The van der Waals surface area contributed by atoms with E-state index in [9.17, 15) is 4.79 Å². The summed E-state index contributed by atoms with van der Waals surface area (Å²) < 4.78 is 5.45. The summed E-state index contributed by atoms with van der Waals surface area (Å²) in [6.07, 6.45) is 2.54. The monoisotopic (exact) mass is 245 g/mol. The molecule has 5 nitrogen and oxygen atoms in total. The van der Waals surface area contributed by atoms with Crippen molar-refractivity contribution in [2.24, 2.45) is 0 Å². The highest BCUT2D eigenvalue weighted by atomic mass is 16.5. The van der Waals surface area contributed by atoms with E-state index in [2.05, 4.69) is 15.5 Å². The maximum Gasteiger partial charge on any atom is 0.256 e. The summed E-state index contributed by atoms with van der Waals surface area (Å²) in [7, 11) is 0.